The van der Waals surface area contributed by atoms with Gasteiger partial charge in [0.1, 0.15) is 0 Å². The molecule has 1 heterocycles. The Labute approximate surface area is 132 Å². The van der Waals surface area contributed by atoms with Gasteiger partial charge in [-0.25, -0.2) is 0 Å². The Kier molecular flexibility index (Phi) is 4.98. The Morgan fingerprint density at radius 1 is 1.14 bits per heavy atom. The molecule has 1 saturated heterocycles. The molecule has 1 aliphatic heterocycles. The molecule has 0 spiro atoms. The van der Waals surface area contributed by atoms with Gasteiger partial charge in [-0.05, 0) is 43.5 Å². The van der Waals surface area contributed by atoms with Gasteiger partial charge in [0.25, 0.3) is 0 Å². The fourth-order valence-corrected chi connectivity index (χ4v) is 3.52. The molecule has 4 heteroatoms. The average Bonchev–Trinajstić information content (AvgIpc) is 3.05. The molecule has 1 amide bonds. The topological polar surface area (TPSA) is 41.6 Å². The first-order valence-corrected chi connectivity index (χ1v) is 8.45. The van der Waals surface area contributed by atoms with E-state index in [1.54, 1.807) is 7.11 Å². The Morgan fingerprint density at radius 2 is 1.86 bits per heavy atom. The van der Waals surface area contributed by atoms with Crippen molar-refractivity contribution in [1.29, 1.82) is 0 Å². The van der Waals surface area contributed by atoms with Crippen LogP contribution >= 0.6 is 0 Å². The number of benzene rings is 1. The lowest BCUT2D eigenvalue weighted by atomic mass is 9.88. The highest BCUT2D eigenvalue weighted by molar-refractivity contribution is 5.92. The third-order valence-corrected chi connectivity index (χ3v) is 4.95. The van der Waals surface area contributed by atoms with Gasteiger partial charge >= 0.3 is 0 Å². The van der Waals surface area contributed by atoms with Gasteiger partial charge in [0, 0.05) is 37.5 Å². The fraction of sp³-hybridized carbons (Fsp3) is 0.611. The fourth-order valence-electron chi connectivity index (χ4n) is 3.52. The van der Waals surface area contributed by atoms with Crippen molar-refractivity contribution in [2.75, 3.05) is 30.4 Å². The molecule has 3 rings (SSSR count). The van der Waals surface area contributed by atoms with Gasteiger partial charge in [-0.15, -0.1) is 0 Å². The summed E-state index contributed by atoms with van der Waals surface area (Å²) in [7, 11) is 1.78. The van der Waals surface area contributed by atoms with E-state index in [4.69, 9.17) is 4.74 Å². The third-order valence-electron chi connectivity index (χ3n) is 4.95. The van der Waals surface area contributed by atoms with Gasteiger partial charge in [-0.2, -0.15) is 0 Å². The Morgan fingerprint density at radius 3 is 2.50 bits per heavy atom. The van der Waals surface area contributed by atoms with E-state index < -0.39 is 0 Å². The molecule has 4 nitrogen and oxygen atoms in total. The lowest BCUT2D eigenvalue weighted by Gasteiger charge is -2.21. The number of carbonyl (C=O) groups is 1. The number of ether oxygens (including phenoxy) is 1. The molecule has 1 saturated carbocycles. The van der Waals surface area contributed by atoms with E-state index in [0.717, 1.165) is 38.0 Å². The highest BCUT2D eigenvalue weighted by Gasteiger charge is 2.23. The molecule has 2 fully saturated rings. The summed E-state index contributed by atoms with van der Waals surface area (Å²) in [5.41, 5.74) is 2.11. The van der Waals surface area contributed by atoms with Crippen LogP contribution in [0.5, 0.6) is 0 Å². The summed E-state index contributed by atoms with van der Waals surface area (Å²) in [5, 5.41) is 3.07. The van der Waals surface area contributed by atoms with Crippen LogP contribution in [-0.4, -0.2) is 32.2 Å². The summed E-state index contributed by atoms with van der Waals surface area (Å²) in [6.45, 7) is 1.98. The van der Waals surface area contributed by atoms with Crippen molar-refractivity contribution in [2.24, 2.45) is 5.92 Å². The molecular weight excluding hydrogens is 276 g/mol. The van der Waals surface area contributed by atoms with Crippen molar-refractivity contribution in [1.82, 2.24) is 0 Å². The largest absolute Gasteiger partial charge is 0.380 e. The van der Waals surface area contributed by atoms with Crippen molar-refractivity contribution in [3.63, 3.8) is 0 Å². The van der Waals surface area contributed by atoms with E-state index >= 15 is 0 Å². The number of nitrogens with one attached hydrogen (secondary N) is 1. The number of anilines is 2. The van der Waals surface area contributed by atoms with E-state index in [-0.39, 0.29) is 11.8 Å². The molecule has 1 aliphatic carbocycles. The molecule has 1 aromatic carbocycles. The van der Waals surface area contributed by atoms with Crippen LogP contribution in [0.3, 0.4) is 0 Å². The maximum Gasteiger partial charge on any atom is 0.227 e. The van der Waals surface area contributed by atoms with Crippen molar-refractivity contribution in [3.05, 3.63) is 24.3 Å². The average molecular weight is 302 g/mol. The number of methoxy groups -OCH3 is 1. The monoisotopic (exact) mass is 302 g/mol. The smallest absolute Gasteiger partial charge is 0.227 e. The zero-order valence-corrected chi connectivity index (χ0v) is 13.4. The summed E-state index contributed by atoms with van der Waals surface area (Å²) in [5.74, 6) is 0.391. The number of carbonyl (C=O) groups excluding carboxylic acids is 1. The van der Waals surface area contributed by atoms with E-state index in [1.807, 2.05) is 12.1 Å². The van der Waals surface area contributed by atoms with Gasteiger partial charge in [0.2, 0.25) is 5.91 Å². The third kappa shape index (κ3) is 3.61. The van der Waals surface area contributed by atoms with Crippen LogP contribution in [-0.2, 0) is 9.53 Å². The number of rotatable bonds is 4. The van der Waals surface area contributed by atoms with Gasteiger partial charge in [0.05, 0.1) is 6.10 Å². The molecule has 0 aromatic heterocycles. The molecule has 1 unspecified atom stereocenters. The Bertz CT molecular complexity index is 494. The Hall–Kier alpha value is -1.55. The SMILES string of the molecule is COC1CCN(c2ccc(NC(=O)C3CCCCC3)cc2)C1. The van der Waals surface area contributed by atoms with Gasteiger partial charge in [-0.1, -0.05) is 19.3 Å². The molecule has 0 radical (unpaired) electrons. The zero-order valence-electron chi connectivity index (χ0n) is 13.4. The minimum Gasteiger partial charge on any atom is -0.380 e. The minimum absolute atomic E-state index is 0.188. The van der Waals surface area contributed by atoms with Crippen LogP contribution in [0.15, 0.2) is 24.3 Å². The van der Waals surface area contributed by atoms with Crippen LogP contribution in [0.4, 0.5) is 11.4 Å². The standard InChI is InChI=1S/C18H26N2O2/c1-22-17-11-12-20(13-17)16-9-7-15(8-10-16)19-18(21)14-5-3-2-4-6-14/h7-10,14,17H,2-6,11-13H2,1H3,(H,19,21). The zero-order chi connectivity index (χ0) is 15.4. The van der Waals surface area contributed by atoms with E-state index in [1.165, 1.54) is 24.9 Å². The van der Waals surface area contributed by atoms with Crippen molar-refractivity contribution < 1.29 is 9.53 Å². The summed E-state index contributed by atoms with van der Waals surface area (Å²) < 4.78 is 5.41. The van der Waals surface area contributed by atoms with Crippen molar-refractivity contribution >= 4 is 17.3 Å². The van der Waals surface area contributed by atoms with E-state index in [0.29, 0.717) is 6.10 Å². The van der Waals surface area contributed by atoms with Gasteiger partial charge in [-0.3, -0.25) is 4.79 Å². The summed E-state index contributed by atoms with van der Waals surface area (Å²) >= 11 is 0. The number of hydrogen-bond acceptors (Lipinski definition) is 3. The van der Waals surface area contributed by atoms with Crippen LogP contribution in [0.1, 0.15) is 38.5 Å². The molecule has 1 atom stereocenters. The first kappa shape index (κ1) is 15.3. The summed E-state index contributed by atoms with van der Waals surface area (Å²) in [4.78, 5) is 14.6. The van der Waals surface area contributed by atoms with Crippen LogP contribution < -0.4 is 10.2 Å². The maximum absolute atomic E-state index is 12.3. The molecule has 22 heavy (non-hydrogen) atoms. The summed E-state index contributed by atoms with van der Waals surface area (Å²) in [6, 6.07) is 8.20. The molecule has 2 aliphatic rings. The maximum atomic E-state index is 12.3. The van der Waals surface area contributed by atoms with Crippen molar-refractivity contribution in [3.8, 4) is 0 Å². The molecule has 0 bridgehead atoms. The number of amides is 1. The molecule has 120 valence electrons. The molecular formula is C18H26N2O2. The van der Waals surface area contributed by atoms with Gasteiger partial charge < -0.3 is 15.0 Å². The second kappa shape index (κ2) is 7.14. The summed E-state index contributed by atoms with van der Waals surface area (Å²) in [6.07, 6.45) is 7.14. The highest BCUT2D eigenvalue weighted by Crippen LogP contribution is 2.26. The van der Waals surface area contributed by atoms with E-state index in [9.17, 15) is 4.79 Å². The molecule has 1 aromatic rings. The number of hydrogen-bond donors (Lipinski definition) is 1. The van der Waals surface area contributed by atoms with Crippen LogP contribution in [0.2, 0.25) is 0 Å². The minimum atomic E-state index is 0.188. The van der Waals surface area contributed by atoms with Gasteiger partial charge in [0.15, 0.2) is 0 Å². The highest BCUT2D eigenvalue weighted by atomic mass is 16.5. The number of nitrogens with zero attached hydrogens (tertiary/aromatic N) is 1. The predicted molar refractivity (Wildman–Crippen MR) is 89.3 cm³/mol. The predicted octanol–water partition coefficient (Wildman–Crippen LogP) is 3.43. The molecule has 1 N–H and O–H groups in total. The normalized spacial score (nSPS) is 22.8. The first-order chi connectivity index (χ1) is 10.8. The quantitative estimate of drug-likeness (QED) is 0.926. The second-order valence-corrected chi connectivity index (χ2v) is 6.46. The van der Waals surface area contributed by atoms with Crippen molar-refractivity contribution in [2.45, 2.75) is 44.6 Å². The van der Waals surface area contributed by atoms with Crippen LogP contribution in [0, 0.1) is 5.92 Å². The lowest BCUT2D eigenvalue weighted by Crippen LogP contribution is -2.25. The lowest BCUT2D eigenvalue weighted by molar-refractivity contribution is -0.120. The van der Waals surface area contributed by atoms with Crippen LogP contribution in [0.25, 0.3) is 0 Å². The Balaban J connectivity index is 1.56. The second-order valence-electron chi connectivity index (χ2n) is 6.46. The first-order valence-electron chi connectivity index (χ1n) is 8.45. The van der Waals surface area contributed by atoms with E-state index in [2.05, 4.69) is 22.3 Å².